The molecule has 0 radical (unpaired) electrons. The van der Waals surface area contributed by atoms with Gasteiger partial charge in [0.2, 0.25) is 0 Å². The van der Waals surface area contributed by atoms with E-state index in [0.29, 0.717) is 12.4 Å². The summed E-state index contributed by atoms with van der Waals surface area (Å²) in [5.41, 5.74) is 7.04. The molecular formula is C15H17FN2O2. The van der Waals surface area contributed by atoms with Crippen molar-refractivity contribution < 1.29 is 13.9 Å². The first-order valence-electron chi connectivity index (χ1n) is 6.35. The van der Waals surface area contributed by atoms with Crippen LogP contribution in [0.4, 0.5) is 10.1 Å². The van der Waals surface area contributed by atoms with Crippen molar-refractivity contribution in [1.29, 1.82) is 0 Å². The molecule has 0 amide bonds. The summed E-state index contributed by atoms with van der Waals surface area (Å²) in [6, 6.07) is 6.58. The fourth-order valence-electron chi connectivity index (χ4n) is 1.85. The SMILES string of the molecule is COc1cc(OCCCc2ccncc2)c(F)cc1N. The summed E-state index contributed by atoms with van der Waals surface area (Å²) in [6.07, 6.45) is 5.15. The summed E-state index contributed by atoms with van der Waals surface area (Å²) in [5, 5.41) is 0. The zero-order chi connectivity index (χ0) is 14.4. The van der Waals surface area contributed by atoms with Crippen LogP contribution in [0.2, 0.25) is 0 Å². The van der Waals surface area contributed by atoms with Crippen molar-refractivity contribution in [2.45, 2.75) is 12.8 Å². The van der Waals surface area contributed by atoms with Gasteiger partial charge in [-0.3, -0.25) is 4.98 Å². The highest BCUT2D eigenvalue weighted by molar-refractivity contribution is 5.56. The topological polar surface area (TPSA) is 57.4 Å². The third kappa shape index (κ3) is 3.60. The van der Waals surface area contributed by atoms with Gasteiger partial charge in [-0.25, -0.2) is 4.39 Å². The van der Waals surface area contributed by atoms with Crippen LogP contribution in [0.3, 0.4) is 0 Å². The number of benzene rings is 1. The monoisotopic (exact) mass is 276 g/mol. The summed E-state index contributed by atoms with van der Waals surface area (Å²) < 4.78 is 24.1. The van der Waals surface area contributed by atoms with Crippen LogP contribution in [-0.4, -0.2) is 18.7 Å². The predicted molar refractivity (Wildman–Crippen MR) is 75.4 cm³/mol. The Morgan fingerprint density at radius 3 is 2.65 bits per heavy atom. The molecule has 0 saturated heterocycles. The molecule has 0 aliphatic carbocycles. The van der Waals surface area contributed by atoms with Crippen molar-refractivity contribution in [2.75, 3.05) is 19.5 Å². The first-order valence-corrected chi connectivity index (χ1v) is 6.35. The Bertz CT molecular complexity index is 561. The van der Waals surface area contributed by atoms with Gasteiger partial charge < -0.3 is 15.2 Å². The Kier molecular flexibility index (Phi) is 4.76. The Morgan fingerprint density at radius 2 is 1.95 bits per heavy atom. The zero-order valence-electron chi connectivity index (χ0n) is 11.3. The lowest BCUT2D eigenvalue weighted by molar-refractivity contribution is 0.293. The molecule has 0 spiro atoms. The molecule has 0 unspecified atom stereocenters. The van der Waals surface area contributed by atoms with Gasteiger partial charge in [0.1, 0.15) is 5.75 Å². The maximum absolute atomic E-state index is 13.6. The summed E-state index contributed by atoms with van der Waals surface area (Å²) in [7, 11) is 1.48. The second-order valence-electron chi connectivity index (χ2n) is 4.33. The van der Waals surface area contributed by atoms with E-state index in [4.69, 9.17) is 15.2 Å². The van der Waals surface area contributed by atoms with E-state index in [1.807, 2.05) is 12.1 Å². The molecular weight excluding hydrogens is 259 g/mol. The van der Waals surface area contributed by atoms with Crippen LogP contribution in [0.1, 0.15) is 12.0 Å². The molecule has 1 aromatic carbocycles. The normalized spacial score (nSPS) is 10.3. The molecule has 20 heavy (non-hydrogen) atoms. The van der Waals surface area contributed by atoms with E-state index in [9.17, 15) is 4.39 Å². The second-order valence-corrected chi connectivity index (χ2v) is 4.33. The number of nitrogens with two attached hydrogens (primary N) is 1. The van der Waals surface area contributed by atoms with Gasteiger partial charge in [0.25, 0.3) is 0 Å². The van der Waals surface area contributed by atoms with Crippen LogP contribution < -0.4 is 15.2 Å². The van der Waals surface area contributed by atoms with Crippen molar-refractivity contribution in [2.24, 2.45) is 0 Å². The molecule has 0 atom stereocenters. The van der Waals surface area contributed by atoms with E-state index >= 15 is 0 Å². The number of halogens is 1. The number of methoxy groups -OCH3 is 1. The quantitative estimate of drug-likeness (QED) is 0.651. The molecule has 2 aromatic rings. The highest BCUT2D eigenvalue weighted by Crippen LogP contribution is 2.29. The first kappa shape index (κ1) is 14.1. The van der Waals surface area contributed by atoms with Crippen LogP contribution in [0.5, 0.6) is 11.5 Å². The number of rotatable bonds is 6. The van der Waals surface area contributed by atoms with Gasteiger partial charge in [-0.05, 0) is 30.5 Å². The van der Waals surface area contributed by atoms with Crippen LogP contribution in [0.25, 0.3) is 0 Å². The third-order valence-electron chi connectivity index (χ3n) is 2.90. The highest BCUT2D eigenvalue weighted by Gasteiger charge is 2.09. The summed E-state index contributed by atoms with van der Waals surface area (Å²) in [6.45, 7) is 0.423. The largest absolute Gasteiger partial charge is 0.494 e. The molecule has 2 rings (SSSR count). The highest BCUT2D eigenvalue weighted by atomic mass is 19.1. The molecule has 4 nitrogen and oxygen atoms in total. The Labute approximate surface area is 117 Å². The van der Waals surface area contributed by atoms with Crippen LogP contribution in [0.15, 0.2) is 36.7 Å². The van der Waals surface area contributed by atoms with Gasteiger partial charge in [0.15, 0.2) is 11.6 Å². The lowest BCUT2D eigenvalue weighted by Crippen LogP contribution is -2.02. The number of nitrogens with zero attached hydrogens (tertiary/aromatic N) is 1. The number of hydrogen-bond donors (Lipinski definition) is 1. The molecule has 2 N–H and O–H groups in total. The Morgan fingerprint density at radius 1 is 1.20 bits per heavy atom. The minimum Gasteiger partial charge on any atom is -0.494 e. The number of aromatic nitrogens is 1. The minimum atomic E-state index is -0.479. The average Bonchev–Trinajstić information content (AvgIpc) is 2.46. The summed E-state index contributed by atoms with van der Waals surface area (Å²) in [5.74, 6) is 0.0912. The van der Waals surface area contributed by atoms with Crippen LogP contribution in [-0.2, 0) is 6.42 Å². The van der Waals surface area contributed by atoms with E-state index < -0.39 is 5.82 Å². The fourth-order valence-corrected chi connectivity index (χ4v) is 1.85. The van der Waals surface area contributed by atoms with Gasteiger partial charge in [-0.2, -0.15) is 0 Å². The van der Waals surface area contributed by atoms with Crippen LogP contribution >= 0.6 is 0 Å². The smallest absolute Gasteiger partial charge is 0.167 e. The van der Waals surface area contributed by atoms with Crippen LogP contribution in [0, 0.1) is 5.82 Å². The zero-order valence-corrected chi connectivity index (χ0v) is 11.3. The van der Waals surface area contributed by atoms with Gasteiger partial charge >= 0.3 is 0 Å². The fraction of sp³-hybridized carbons (Fsp3) is 0.267. The second kappa shape index (κ2) is 6.75. The van der Waals surface area contributed by atoms with Gasteiger partial charge in [-0.1, -0.05) is 0 Å². The summed E-state index contributed by atoms with van der Waals surface area (Å²) in [4.78, 5) is 3.95. The number of ether oxygens (including phenoxy) is 2. The number of anilines is 1. The number of nitrogen functional groups attached to an aromatic ring is 1. The molecule has 0 fully saturated rings. The predicted octanol–water partition coefficient (Wildman–Crippen LogP) is 2.82. The van der Waals surface area contributed by atoms with E-state index in [1.54, 1.807) is 12.4 Å². The Balaban J connectivity index is 1.88. The van der Waals surface area contributed by atoms with Gasteiger partial charge in [0, 0.05) is 24.5 Å². The Hall–Kier alpha value is -2.30. The number of hydrogen-bond acceptors (Lipinski definition) is 4. The van der Waals surface area contributed by atoms with E-state index in [1.165, 1.54) is 24.8 Å². The maximum Gasteiger partial charge on any atom is 0.167 e. The van der Waals surface area contributed by atoms with E-state index in [2.05, 4.69) is 4.98 Å². The standard InChI is InChI=1S/C15H17FN2O2/c1-19-15-10-14(12(16)9-13(15)17)20-8-2-3-11-4-6-18-7-5-11/h4-7,9-10H,2-3,8,17H2,1H3. The molecule has 0 aliphatic rings. The van der Waals surface area contributed by atoms with Crippen molar-refractivity contribution >= 4 is 5.69 Å². The van der Waals surface area contributed by atoms with Gasteiger partial charge in [0.05, 0.1) is 19.4 Å². The van der Waals surface area contributed by atoms with Crippen molar-refractivity contribution in [3.63, 3.8) is 0 Å². The van der Waals surface area contributed by atoms with Gasteiger partial charge in [-0.15, -0.1) is 0 Å². The molecule has 0 bridgehead atoms. The first-order chi connectivity index (χ1) is 9.70. The molecule has 106 valence electrons. The van der Waals surface area contributed by atoms with E-state index in [0.717, 1.165) is 12.8 Å². The lowest BCUT2D eigenvalue weighted by Gasteiger charge is -2.10. The molecule has 0 saturated carbocycles. The van der Waals surface area contributed by atoms with E-state index in [-0.39, 0.29) is 11.4 Å². The molecule has 0 aliphatic heterocycles. The van der Waals surface area contributed by atoms with Crippen molar-refractivity contribution in [3.05, 3.63) is 48.0 Å². The number of aryl methyl sites for hydroxylation is 1. The average molecular weight is 276 g/mol. The minimum absolute atomic E-state index is 0.158. The number of pyridine rings is 1. The molecule has 5 heteroatoms. The van der Waals surface area contributed by atoms with Crippen molar-refractivity contribution in [1.82, 2.24) is 4.98 Å². The lowest BCUT2D eigenvalue weighted by atomic mass is 10.1. The third-order valence-corrected chi connectivity index (χ3v) is 2.90. The maximum atomic E-state index is 13.6. The molecule has 1 heterocycles. The van der Waals surface area contributed by atoms with Crippen molar-refractivity contribution in [3.8, 4) is 11.5 Å². The summed E-state index contributed by atoms with van der Waals surface area (Å²) >= 11 is 0. The molecule has 1 aromatic heterocycles.